The summed E-state index contributed by atoms with van der Waals surface area (Å²) in [4.78, 5) is 2.63. The molecule has 1 aliphatic heterocycles. The first-order valence-corrected chi connectivity index (χ1v) is 8.93. The first-order valence-electron chi connectivity index (χ1n) is 8.93. The molecule has 1 aromatic rings. The molecule has 1 saturated carbocycles. The highest BCUT2D eigenvalue weighted by Crippen LogP contribution is 2.42. The third kappa shape index (κ3) is 4.69. The Kier molecular flexibility index (Phi) is 5.92. The van der Waals surface area contributed by atoms with Crippen molar-refractivity contribution in [3.8, 4) is 5.75 Å². The van der Waals surface area contributed by atoms with E-state index in [4.69, 9.17) is 9.47 Å². The summed E-state index contributed by atoms with van der Waals surface area (Å²) in [5, 5.41) is 3.49. The maximum absolute atomic E-state index is 6.18. The van der Waals surface area contributed by atoms with E-state index in [1.807, 2.05) is 0 Å². The lowest BCUT2D eigenvalue weighted by Crippen LogP contribution is -2.47. The predicted molar refractivity (Wildman–Crippen MR) is 92.9 cm³/mol. The van der Waals surface area contributed by atoms with Crippen LogP contribution in [0.5, 0.6) is 5.75 Å². The number of hydrogen-bond donors (Lipinski definition) is 1. The molecule has 0 atom stereocenters. The molecule has 1 N–H and O–H groups in total. The normalized spacial score (nSPS) is 21.4. The van der Waals surface area contributed by atoms with Crippen molar-refractivity contribution in [1.82, 2.24) is 10.2 Å². The average Bonchev–Trinajstić information content (AvgIpc) is 2.79. The van der Waals surface area contributed by atoms with Crippen LogP contribution in [-0.2, 0) is 11.3 Å². The van der Waals surface area contributed by atoms with Crippen molar-refractivity contribution in [2.45, 2.75) is 32.3 Å². The van der Waals surface area contributed by atoms with E-state index in [9.17, 15) is 0 Å². The van der Waals surface area contributed by atoms with Gasteiger partial charge in [-0.1, -0.05) is 18.6 Å². The van der Waals surface area contributed by atoms with Crippen LogP contribution < -0.4 is 10.1 Å². The zero-order chi connectivity index (χ0) is 16.0. The minimum absolute atomic E-state index is 0.363. The Bertz CT molecular complexity index is 480. The molecule has 0 unspecified atom stereocenters. The number of ether oxygens (including phenoxy) is 2. The van der Waals surface area contributed by atoms with Gasteiger partial charge in [0.25, 0.3) is 0 Å². The molecule has 0 amide bonds. The standard InChI is InChI=1S/C19H30N2O2/c1-22-14-17-5-2-6-18(13-17)23-16-19(7-3-8-19)15-21-11-4-9-20-10-12-21/h2,5-6,13,20H,3-4,7-12,14-16H2,1H3. The molecule has 1 heterocycles. The fourth-order valence-corrected chi connectivity index (χ4v) is 3.69. The predicted octanol–water partition coefficient (Wildman–Crippen LogP) is 2.68. The summed E-state index contributed by atoms with van der Waals surface area (Å²) in [5.74, 6) is 0.975. The molecule has 0 bridgehead atoms. The fourth-order valence-electron chi connectivity index (χ4n) is 3.69. The topological polar surface area (TPSA) is 33.7 Å². The van der Waals surface area contributed by atoms with Gasteiger partial charge in [0.1, 0.15) is 5.75 Å². The van der Waals surface area contributed by atoms with Gasteiger partial charge in [0.05, 0.1) is 13.2 Å². The van der Waals surface area contributed by atoms with Crippen LogP contribution in [0, 0.1) is 5.41 Å². The van der Waals surface area contributed by atoms with Gasteiger partial charge in [-0.25, -0.2) is 0 Å². The van der Waals surface area contributed by atoms with E-state index in [1.165, 1.54) is 50.9 Å². The van der Waals surface area contributed by atoms with Crippen LogP contribution in [-0.4, -0.2) is 51.3 Å². The Labute approximate surface area is 140 Å². The van der Waals surface area contributed by atoms with Crippen LogP contribution in [0.15, 0.2) is 24.3 Å². The summed E-state index contributed by atoms with van der Waals surface area (Å²) in [6, 6.07) is 8.30. The van der Waals surface area contributed by atoms with Crippen molar-refractivity contribution in [3.63, 3.8) is 0 Å². The van der Waals surface area contributed by atoms with Crippen LogP contribution in [0.25, 0.3) is 0 Å². The van der Waals surface area contributed by atoms with Gasteiger partial charge in [-0.2, -0.15) is 0 Å². The molecule has 2 aliphatic rings. The summed E-state index contributed by atoms with van der Waals surface area (Å²) in [7, 11) is 1.73. The summed E-state index contributed by atoms with van der Waals surface area (Å²) in [6.07, 6.45) is 5.21. The second-order valence-corrected chi connectivity index (χ2v) is 7.10. The quantitative estimate of drug-likeness (QED) is 0.838. The smallest absolute Gasteiger partial charge is 0.119 e. The molecule has 23 heavy (non-hydrogen) atoms. The van der Waals surface area contributed by atoms with Crippen molar-refractivity contribution in [2.24, 2.45) is 5.41 Å². The minimum atomic E-state index is 0.363. The molecule has 4 nitrogen and oxygen atoms in total. The number of benzene rings is 1. The number of rotatable bonds is 7. The molecule has 0 spiro atoms. The molecule has 3 rings (SSSR count). The lowest BCUT2D eigenvalue weighted by atomic mass is 9.69. The van der Waals surface area contributed by atoms with Gasteiger partial charge in [-0.05, 0) is 50.0 Å². The Balaban J connectivity index is 1.55. The maximum atomic E-state index is 6.18. The van der Waals surface area contributed by atoms with Crippen molar-refractivity contribution < 1.29 is 9.47 Å². The van der Waals surface area contributed by atoms with Gasteiger partial charge in [-0.15, -0.1) is 0 Å². The van der Waals surface area contributed by atoms with E-state index in [0.29, 0.717) is 12.0 Å². The highest BCUT2D eigenvalue weighted by Gasteiger charge is 2.39. The van der Waals surface area contributed by atoms with Crippen LogP contribution in [0.3, 0.4) is 0 Å². The number of methoxy groups -OCH3 is 1. The van der Waals surface area contributed by atoms with Crippen molar-refractivity contribution in [1.29, 1.82) is 0 Å². The van der Waals surface area contributed by atoms with Crippen molar-refractivity contribution in [2.75, 3.05) is 46.4 Å². The molecule has 2 fully saturated rings. The minimum Gasteiger partial charge on any atom is -0.493 e. The summed E-state index contributed by atoms with van der Waals surface area (Å²) in [6.45, 7) is 7.34. The fraction of sp³-hybridized carbons (Fsp3) is 0.684. The van der Waals surface area contributed by atoms with Gasteiger partial charge < -0.3 is 19.7 Å². The molecule has 4 heteroatoms. The Morgan fingerprint density at radius 2 is 2.09 bits per heavy atom. The second kappa shape index (κ2) is 8.13. The van der Waals surface area contributed by atoms with E-state index in [2.05, 4.69) is 34.5 Å². The van der Waals surface area contributed by atoms with Crippen LogP contribution in [0.4, 0.5) is 0 Å². The first-order chi connectivity index (χ1) is 11.3. The van der Waals surface area contributed by atoms with E-state index in [-0.39, 0.29) is 0 Å². The number of nitrogens with zero attached hydrogens (tertiary/aromatic N) is 1. The monoisotopic (exact) mass is 318 g/mol. The molecule has 0 radical (unpaired) electrons. The Morgan fingerprint density at radius 3 is 2.87 bits per heavy atom. The van der Waals surface area contributed by atoms with E-state index >= 15 is 0 Å². The van der Waals surface area contributed by atoms with Crippen LogP contribution in [0.1, 0.15) is 31.2 Å². The van der Waals surface area contributed by atoms with Crippen molar-refractivity contribution in [3.05, 3.63) is 29.8 Å². The first kappa shape index (κ1) is 16.7. The highest BCUT2D eigenvalue weighted by molar-refractivity contribution is 5.28. The molecule has 128 valence electrons. The zero-order valence-electron chi connectivity index (χ0n) is 14.4. The van der Waals surface area contributed by atoms with Gasteiger partial charge in [0.15, 0.2) is 0 Å². The number of nitrogens with one attached hydrogen (secondary N) is 1. The van der Waals surface area contributed by atoms with Gasteiger partial charge in [0.2, 0.25) is 0 Å². The molecule has 1 saturated heterocycles. The van der Waals surface area contributed by atoms with Gasteiger partial charge in [-0.3, -0.25) is 0 Å². The Morgan fingerprint density at radius 1 is 1.17 bits per heavy atom. The largest absolute Gasteiger partial charge is 0.493 e. The van der Waals surface area contributed by atoms with Crippen LogP contribution >= 0.6 is 0 Å². The van der Waals surface area contributed by atoms with Gasteiger partial charge in [0, 0.05) is 32.2 Å². The van der Waals surface area contributed by atoms with E-state index in [0.717, 1.165) is 25.4 Å². The second-order valence-electron chi connectivity index (χ2n) is 7.10. The highest BCUT2D eigenvalue weighted by atomic mass is 16.5. The van der Waals surface area contributed by atoms with E-state index < -0.39 is 0 Å². The molecular weight excluding hydrogens is 288 g/mol. The van der Waals surface area contributed by atoms with Crippen molar-refractivity contribution >= 4 is 0 Å². The molecule has 1 aromatic carbocycles. The summed E-state index contributed by atoms with van der Waals surface area (Å²) in [5.41, 5.74) is 1.54. The zero-order valence-corrected chi connectivity index (χ0v) is 14.4. The lowest BCUT2D eigenvalue weighted by molar-refractivity contribution is 0.0194. The SMILES string of the molecule is COCc1cccc(OCC2(CN3CCCNCC3)CCC2)c1. The van der Waals surface area contributed by atoms with Gasteiger partial charge >= 0.3 is 0 Å². The maximum Gasteiger partial charge on any atom is 0.119 e. The molecule has 1 aliphatic carbocycles. The van der Waals surface area contributed by atoms with E-state index in [1.54, 1.807) is 7.11 Å². The number of hydrogen-bond acceptors (Lipinski definition) is 4. The summed E-state index contributed by atoms with van der Waals surface area (Å²) < 4.78 is 11.4. The third-order valence-electron chi connectivity index (χ3n) is 5.16. The summed E-state index contributed by atoms with van der Waals surface area (Å²) >= 11 is 0. The lowest BCUT2D eigenvalue weighted by Gasteiger charge is -2.44. The third-order valence-corrected chi connectivity index (χ3v) is 5.16. The Hall–Kier alpha value is -1.10. The van der Waals surface area contributed by atoms with Crippen LogP contribution in [0.2, 0.25) is 0 Å². The molecule has 0 aromatic heterocycles. The average molecular weight is 318 g/mol. The molecular formula is C19H30N2O2.